The molecule has 136 valence electrons. The van der Waals surface area contributed by atoms with Gasteiger partial charge < -0.3 is 10.7 Å². The second-order valence-corrected chi connectivity index (χ2v) is 7.35. The summed E-state index contributed by atoms with van der Waals surface area (Å²) in [6, 6.07) is 13.4. The van der Waals surface area contributed by atoms with Crippen molar-refractivity contribution in [2.24, 2.45) is 5.73 Å². The van der Waals surface area contributed by atoms with Gasteiger partial charge in [-0.1, -0.05) is 42.1 Å². The van der Waals surface area contributed by atoms with Crippen molar-refractivity contribution in [3.05, 3.63) is 63.9 Å². The summed E-state index contributed by atoms with van der Waals surface area (Å²) in [4.78, 5) is 32.6. The third-order valence-electron chi connectivity index (χ3n) is 4.65. The van der Waals surface area contributed by atoms with Gasteiger partial charge in [0.1, 0.15) is 11.0 Å². The molecule has 2 aromatic heterocycles. The lowest BCUT2D eigenvalue weighted by atomic mass is 10.1. The van der Waals surface area contributed by atoms with Crippen LogP contribution in [-0.2, 0) is 4.79 Å². The number of nitrogens with one attached hydrogen (secondary N) is 1. The number of amides is 1. The van der Waals surface area contributed by atoms with Crippen LogP contribution in [0.25, 0.3) is 27.6 Å². The van der Waals surface area contributed by atoms with Crippen molar-refractivity contribution in [1.82, 2.24) is 14.5 Å². The molecule has 2 aromatic carbocycles. The SMILES string of the molecule is Cc1cccc(-n2c(SCC(N)=O)nc3c([nH]c4ccccc43)c2=O)c1C. The molecular formula is C20H18N4O2S. The second-order valence-electron chi connectivity index (χ2n) is 6.40. The Balaban J connectivity index is 2.08. The molecule has 4 rings (SSSR count). The average Bonchev–Trinajstić information content (AvgIpc) is 3.02. The van der Waals surface area contributed by atoms with E-state index in [-0.39, 0.29) is 11.3 Å². The van der Waals surface area contributed by atoms with Crippen LogP contribution in [0.4, 0.5) is 0 Å². The number of fused-ring (bicyclic) bond motifs is 3. The first kappa shape index (κ1) is 17.4. The molecular weight excluding hydrogens is 360 g/mol. The van der Waals surface area contributed by atoms with E-state index in [1.807, 2.05) is 56.3 Å². The number of benzene rings is 2. The fraction of sp³-hybridized carbons (Fsp3) is 0.150. The summed E-state index contributed by atoms with van der Waals surface area (Å²) in [5.41, 5.74) is 9.83. The number of aromatic amines is 1. The third kappa shape index (κ3) is 2.90. The summed E-state index contributed by atoms with van der Waals surface area (Å²) in [6.45, 7) is 3.96. The number of aromatic nitrogens is 3. The Morgan fingerprint density at radius 3 is 2.74 bits per heavy atom. The van der Waals surface area contributed by atoms with Crippen LogP contribution >= 0.6 is 11.8 Å². The summed E-state index contributed by atoms with van der Waals surface area (Å²) in [6.07, 6.45) is 0. The van der Waals surface area contributed by atoms with Gasteiger partial charge in [-0.25, -0.2) is 4.98 Å². The first-order chi connectivity index (χ1) is 13.0. The number of primary amides is 1. The monoisotopic (exact) mass is 378 g/mol. The zero-order valence-electron chi connectivity index (χ0n) is 14.9. The van der Waals surface area contributed by atoms with Gasteiger partial charge >= 0.3 is 0 Å². The maximum Gasteiger partial charge on any atom is 0.283 e. The van der Waals surface area contributed by atoms with E-state index in [9.17, 15) is 9.59 Å². The van der Waals surface area contributed by atoms with Crippen LogP contribution < -0.4 is 11.3 Å². The maximum atomic E-state index is 13.4. The molecule has 0 aliphatic heterocycles. The molecule has 0 aliphatic carbocycles. The molecule has 0 bridgehead atoms. The number of H-pyrrole nitrogens is 1. The van der Waals surface area contributed by atoms with Crippen LogP contribution in [0, 0.1) is 13.8 Å². The quantitative estimate of drug-likeness (QED) is 0.421. The molecule has 0 saturated heterocycles. The highest BCUT2D eigenvalue weighted by atomic mass is 32.2. The average molecular weight is 378 g/mol. The predicted octanol–water partition coefficient (Wildman–Crippen LogP) is 3.06. The van der Waals surface area contributed by atoms with Crippen molar-refractivity contribution in [3.63, 3.8) is 0 Å². The molecule has 4 aromatic rings. The van der Waals surface area contributed by atoms with Crippen molar-refractivity contribution in [3.8, 4) is 5.69 Å². The summed E-state index contributed by atoms with van der Waals surface area (Å²) in [5.74, 6) is -0.411. The Kier molecular flexibility index (Phi) is 4.24. The number of carbonyl (C=O) groups excluding carboxylic acids is 1. The minimum absolute atomic E-state index is 0.0468. The Labute approximate surface area is 159 Å². The van der Waals surface area contributed by atoms with Crippen LogP contribution in [0.5, 0.6) is 0 Å². The zero-order valence-corrected chi connectivity index (χ0v) is 15.8. The van der Waals surface area contributed by atoms with Crippen LogP contribution in [0.1, 0.15) is 11.1 Å². The largest absolute Gasteiger partial charge is 0.369 e. The number of nitrogens with two attached hydrogens (primary N) is 1. The number of aryl methyl sites for hydroxylation is 1. The van der Waals surface area contributed by atoms with Gasteiger partial charge in [-0.05, 0) is 37.1 Å². The van der Waals surface area contributed by atoms with E-state index < -0.39 is 5.91 Å². The van der Waals surface area contributed by atoms with Crippen molar-refractivity contribution >= 4 is 39.6 Å². The van der Waals surface area contributed by atoms with Gasteiger partial charge in [0.05, 0.1) is 11.4 Å². The molecule has 7 heteroatoms. The van der Waals surface area contributed by atoms with Gasteiger partial charge in [0, 0.05) is 10.9 Å². The highest BCUT2D eigenvalue weighted by Crippen LogP contribution is 2.27. The molecule has 27 heavy (non-hydrogen) atoms. The summed E-state index contributed by atoms with van der Waals surface area (Å²) >= 11 is 1.17. The van der Waals surface area contributed by atoms with Crippen molar-refractivity contribution in [2.75, 3.05) is 5.75 Å². The minimum atomic E-state index is -0.458. The third-order valence-corrected chi connectivity index (χ3v) is 5.62. The van der Waals surface area contributed by atoms with E-state index in [0.717, 1.165) is 27.7 Å². The summed E-state index contributed by atoms with van der Waals surface area (Å²) < 4.78 is 1.56. The standard InChI is InChI=1S/C20H18N4O2S/c1-11-6-5-9-15(12(11)2)24-19(26)18-17(23-20(24)27-10-16(21)25)13-7-3-4-8-14(13)22-18/h3-9,22H,10H2,1-2H3,(H2,21,25). The highest BCUT2D eigenvalue weighted by molar-refractivity contribution is 7.99. The van der Waals surface area contributed by atoms with Crippen LogP contribution in [0.2, 0.25) is 0 Å². The van der Waals surface area contributed by atoms with Gasteiger partial charge in [-0.2, -0.15) is 0 Å². The summed E-state index contributed by atoms with van der Waals surface area (Å²) in [7, 11) is 0. The lowest BCUT2D eigenvalue weighted by Gasteiger charge is -2.15. The molecule has 3 N–H and O–H groups in total. The number of hydrogen-bond donors (Lipinski definition) is 2. The maximum absolute atomic E-state index is 13.4. The number of nitrogens with zero attached hydrogens (tertiary/aromatic N) is 2. The molecule has 0 fully saturated rings. The molecule has 2 heterocycles. The van der Waals surface area contributed by atoms with Crippen LogP contribution in [0.3, 0.4) is 0 Å². The van der Waals surface area contributed by atoms with Gasteiger partial charge in [-0.15, -0.1) is 0 Å². The van der Waals surface area contributed by atoms with Crippen LogP contribution in [0.15, 0.2) is 52.4 Å². The van der Waals surface area contributed by atoms with Crippen molar-refractivity contribution in [1.29, 1.82) is 0 Å². The van der Waals surface area contributed by atoms with Gasteiger partial charge in [-0.3, -0.25) is 14.2 Å². The molecule has 0 spiro atoms. The lowest BCUT2D eigenvalue weighted by molar-refractivity contribution is -0.115. The van der Waals surface area contributed by atoms with Gasteiger partial charge in [0.15, 0.2) is 5.16 Å². The summed E-state index contributed by atoms with van der Waals surface area (Å²) in [5, 5.41) is 1.32. The number of carbonyl (C=O) groups is 1. The Hall–Kier alpha value is -3.06. The lowest BCUT2D eigenvalue weighted by Crippen LogP contribution is -2.23. The van der Waals surface area contributed by atoms with Gasteiger partial charge in [0.25, 0.3) is 5.56 Å². The van der Waals surface area contributed by atoms with E-state index in [2.05, 4.69) is 4.98 Å². The number of para-hydroxylation sites is 1. The topological polar surface area (TPSA) is 93.8 Å². The predicted molar refractivity (Wildman–Crippen MR) is 109 cm³/mol. The molecule has 0 unspecified atom stereocenters. The fourth-order valence-corrected chi connectivity index (χ4v) is 3.90. The normalized spacial score (nSPS) is 11.3. The highest BCUT2D eigenvalue weighted by Gasteiger charge is 2.19. The number of thioether (sulfide) groups is 1. The van der Waals surface area contributed by atoms with Crippen molar-refractivity contribution in [2.45, 2.75) is 19.0 Å². The molecule has 0 aliphatic rings. The first-order valence-electron chi connectivity index (χ1n) is 8.48. The van der Waals surface area contributed by atoms with Crippen LogP contribution in [-0.4, -0.2) is 26.2 Å². The minimum Gasteiger partial charge on any atom is -0.369 e. The van der Waals surface area contributed by atoms with E-state index in [1.54, 1.807) is 4.57 Å². The van der Waals surface area contributed by atoms with Crippen molar-refractivity contribution < 1.29 is 4.79 Å². The van der Waals surface area contributed by atoms with E-state index in [1.165, 1.54) is 11.8 Å². The smallest absolute Gasteiger partial charge is 0.283 e. The molecule has 6 nitrogen and oxygen atoms in total. The number of hydrogen-bond acceptors (Lipinski definition) is 4. The molecule has 0 saturated carbocycles. The zero-order chi connectivity index (χ0) is 19.1. The molecule has 1 amide bonds. The fourth-order valence-electron chi connectivity index (χ4n) is 3.17. The van der Waals surface area contributed by atoms with E-state index >= 15 is 0 Å². The Morgan fingerprint density at radius 1 is 1.19 bits per heavy atom. The first-order valence-corrected chi connectivity index (χ1v) is 9.47. The van der Waals surface area contributed by atoms with E-state index in [0.29, 0.717) is 16.2 Å². The molecule has 0 radical (unpaired) electrons. The Morgan fingerprint density at radius 2 is 1.96 bits per heavy atom. The van der Waals surface area contributed by atoms with Gasteiger partial charge in [0.2, 0.25) is 5.91 Å². The number of rotatable bonds is 4. The molecule has 0 atom stereocenters. The van der Waals surface area contributed by atoms with E-state index in [4.69, 9.17) is 10.7 Å². The Bertz CT molecular complexity index is 1260. The second kappa shape index (κ2) is 6.59.